The molecule has 0 saturated carbocycles. The summed E-state index contributed by atoms with van der Waals surface area (Å²) in [5.41, 5.74) is 10.3. The summed E-state index contributed by atoms with van der Waals surface area (Å²) in [6.07, 6.45) is 6.03. The zero-order valence-corrected chi connectivity index (χ0v) is 30.8. The third-order valence-corrected chi connectivity index (χ3v) is 9.37. The van der Waals surface area contributed by atoms with Gasteiger partial charge in [-0.1, -0.05) is 48.6 Å². The van der Waals surface area contributed by atoms with E-state index >= 15 is 0 Å². The van der Waals surface area contributed by atoms with E-state index in [4.69, 9.17) is 35.2 Å². The first-order valence-corrected chi connectivity index (χ1v) is 18.1. The second kappa shape index (κ2) is 20.3. The highest BCUT2D eigenvalue weighted by Crippen LogP contribution is 2.39. The van der Waals surface area contributed by atoms with Crippen LogP contribution in [0.5, 0.6) is 0 Å². The van der Waals surface area contributed by atoms with E-state index in [1.165, 1.54) is 12.2 Å². The Kier molecular flexibility index (Phi) is 16.2. The molecule has 0 amide bonds. The summed E-state index contributed by atoms with van der Waals surface area (Å²) in [6, 6.07) is -1.08. The molecule has 5 heterocycles. The van der Waals surface area contributed by atoms with Crippen molar-refractivity contribution in [1.82, 2.24) is 9.97 Å². The van der Waals surface area contributed by atoms with E-state index in [0.717, 1.165) is 6.20 Å². The van der Waals surface area contributed by atoms with Crippen molar-refractivity contribution < 1.29 is 68.3 Å². The number of hydrogen-bond acceptors (Lipinski definition) is 16. The number of nitrogens with two attached hydrogens (primary N) is 2. The fraction of sp³-hybridized carbons (Fsp3) is 0.568. The van der Waals surface area contributed by atoms with Crippen LogP contribution in [0.2, 0.25) is 0 Å². The van der Waals surface area contributed by atoms with Crippen molar-refractivity contribution in [3.8, 4) is 0 Å². The number of aliphatic hydroxyl groups excluding tert-OH is 4. The number of nitrogens with zero attached hydrogens (tertiary/aromatic N) is 1. The lowest BCUT2D eigenvalue weighted by molar-refractivity contribution is -0.308. The Balaban J connectivity index is 0.000000678. The molecule has 1 aromatic rings. The van der Waals surface area contributed by atoms with Gasteiger partial charge in [0.25, 0.3) is 0 Å². The smallest absolute Gasteiger partial charge is 0.346 e. The largest absolute Gasteiger partial charge is 0.481 e. The van der Waals surface area contributed by atoms with Crippen LogP contribution in [0.25, 0.3) is 0 Å². The number of ether oxygens (including phenoxy) is 5. The van der Waals surface area contributed by atoms with Crippen molar-refractivity contribution >= 4 is 17.8 Å². The number of rotatable bonds is 3. The number of aromatic amines is 1. The molecular weight excluding hydrogens is 743 g/mol. The van der Waals surface area contributed by atoms with E-state index in [1.54, 1.807) is 56.4 Å². The number of aliphatic hydroxyl groups is 5. The summed E-state index contributed by atoms with van der Waals surface area (Å²) in [6.45, 7) is 3.34. The van der Waals surface area contributed by atoms with Gasteiger partial charge >= 0.3 is 17.6 Å². The number of carboxylic acids is 1. The second-order valence-corrected chi connectivity index (χ2v) is 14.0. The molecule has 0 spiro atoms. The van der Waals surface area contributed by atoms with Gasteiger partial charge in [-0.05, 0) is 19.9 Å². The molecule has 18 nitrogen and oxygen atoms in total. The predicted molar refractivity (Wildman–Crippen MR) is 194 cm³/mol. The Morgan fingerprint density at radius 2 is 1.68 bits per heavy atom. The molecule has 3 fully saturated rings. The van der Waals surface area contributed by atoms with Crippen molar-refractivity contribution in [1.29, 1.82) is 0 Å². The van der Waals surface area contributed by atoms with E-state index in [2.05, 4.69) is 4.98 Å². The third-order valence-electron chi connectivity index (χ3n) is 9.37. The first-order chi connectivity index (χ1) is 26.5. The Morgan fingerprint density at radius 3 is 2.36 bits per heavy atom. The molecule has 0 aromatic carbocycles. The van der Waals surface area contributed by atoms with E-state index in [1.807, 2.05) is 11.1 Å². The number of halogens is 1. The first kappa shape index (κ1) is 44.6. The minimum Gasteiger partial charge on any atom is -0.481 e. The number of carboxylic acid groups (broad SMARTS) is 1. The summed E-state index contributed by atoms with van der Waals surface area (Å²) >= 11 is 0. The van der Waals surface area contributed by atoms with Crippen molar-refractivity contribution in [2.24, 2.45) is 11.7 Å². The lowest BCUT2D eigenvalue weighted by Crippen LogP contribution is -2.61. The summed E-state index contributed by atoms with van der Waals surface area (Å²) in [5, 5.41) is 63.9. The number of aliphatic carboxylic acids is 1. The van der Waals surface area contributed by atoms with Crippen LogP contribution in [0.1, 0.15) is 46.0 Å². The van der Waals surface area contributed by atoms with Gasteiger partial charge in [0.15, 0.2) is 17.9 Å². The lowest BCUT2D eigenvalue weighted by Gasteiger charge is -2.45. The number of hydrogen-bond donors (Lipinski definition) is 9. The van der Waals surface area contributed by atoms with E-state index in [-0.39, 0.29) is 31.2 Å². The normalized spacial score (nSPS) is 41.2. The van der Waals surface area contributed by atoms with Gasteiger partial charge < -0.3 is 65.8 Å². The molecule has 3 saturated heterocycles. The van der Waals surface area contributed by atoms with Crippen LogP contribution in [-0.2, 0) is 33.3 Å². The number of nitrogen functional groups attached to an aromatic ring is 1. The number of cyclic esters (lactones) is 1. The van der Waals surface area contributed by atoms with Gasteiger partial charge in [-0.15, -0.1) is 0 Å². The molecule has 0 radical (unpaired) electrons. The molecule has 56 heavy (non-hydrogen) atoms. The average molecular weight is 795 g/mol. The Morgan fingerprint density at radius 1 is 0.982 bits per heavy atom. The highest BCUT2D eigenvalue weighted by molar-refractivity contribution is 5.82. The molecule has 4 aliphatic rings. The maximum atomic E-state index is 12.3. The molecule has 1 aromatic heterocycles. The van der Waals surface area contributed by atoms with Gasteiger partial charge in [0, 0.05) is 38.2 Å². The number of aromatic nitrogens is 2. The van der Waals surface area contributed by atoms with Crippen LogP contribution < -0.4 is 17.2 Å². The molecule has 310 valence electrons. The summed E-state index contributed by atoms with van der Waals surface area (Å²) in [4.78, 5) is 39.7. The fourth-order valence-corrected chi connectivity index (χ4v) is 6.40. The average Bonchev–Trinajstić information content (AvgIpc) is 3.85. The second-order valence-electron chi connectivity index (χ2n) is 14.0. The molecule has 11 N–H and O–H groups in total. The standard InChI is InChI=1S/C33H47NO13.C4H4FN3O/c1-18-10-8-6-4-3-5-7-9-11-21(45-32-30(39)28(34)29(38)19(2)44-32)15-25-27(31(40)41)22(36)17-33(42,47-25)16-20(35)14-24-23(46-24)12-13-26(37)43-18;5-2-1-7-4(9)8-3(2)6/h3-9,11-13,18-25,27-30,32,35-36,38-39,42H,10,14-17,34H2,1-2H3,(H,40,41);1H,(H3,6,7,8,9)/b4-3+,7-5+,8-6+,11-9+,13-12+;/t18-,19-,20+,21+,22+,23-,24-,25+,27-,28+,29-,30+,32+,33-;/m1./s1. The third kappa shape index (κ3) is 13.2. The van der Waals surface area contributed by atoms with Gasteiger partial charge in [-0.3, -0.25) is 9.78 Å². The summed E-state index contributed by atoms with van der Waals surface area (Å²) < 4.78 is 40.7. The van der Waals surface area contributed by atoms with Gasteiger partial charge in [0.05, 0.1) is 55.0 Å². The molecule has 2 bridgehead atoms. The maximum absolute atomic E-state index is 12.3. The van der Waals surface area contributed by atoms with E-state index in [9.17, 15) is 49.4 Å². The number of epoxide rings is 1. The highest BCUT2D eigenvalue weighted by atomic mass is 19.1. The van der Waals surface area contributed by atoms with Crippen molar-refractivity contribution in [3.05, 3.63) is 83.3 Å². The topological polar surface area (TPSA) is 303 Å². The zero-order chi connectivity index (χ0) is 41.2. The molecular formula is C37H51FN4O14. The van der Waals surface area contributed by atoms with Crippen LogP contribution in [0.4, 0.5) is 10.2 Å². The molecule has 0 unspecified atom stereocenters. The highest BCUT2D eigenvalue weighted by Gasteiger charge is 2.51. The number of nitrogens with one attached hydrogen (secondary N) is 1. The van der Waals surface area contributed by atoms with E-state index < -0.39 is 109 Å². The van der Waals surface area contributed by atoms with Crippen LogP contribution in [0.15, 0.2) is 71.8 Å². The maximum Gasteiger partial charge on any atom is 0.346 e. The number of carbonyl (C=O) groups is 2. The van der Waals surface area contributed by atoms with Crippen molar-refractivity contribution in [2.75, 3.05) is 5.73 Å². The predicted octanol–water partition coefficient (Wildman–Crippen LogP) is -0.389. The summed E-state index contributed by atoms with van der Waals surface area (Å²) in [7, 11) is 0. The minimum atomic E-state index is -2.10. The number of H-pyrrole nitrogens is 1. The first-order valence-electron chi connectivity index (χ1n) is 18.1. The number of fused-ring (bicyclic) bond motifs is 3. The monoisotopic (exact) mass is 794 g/mol. The van der Waals surface area contributed by atoms with Gasteiger partial charge in [0.2, 0.25) is 0 Å². The molecule has 14 atom stereocenters. The fourth-order valence-electron chi connectivity index (χ4n) is 6.40. The molecule has 4 aliphatic heterocycles. The number of esters is 1. The minimum absolute atomic E-state index is 0.0789. The zero-order valence-electron chi connectivity index (χ0n) is 30.8. The van der Waals surface area contributed by atoms with Gasteiger partial charge in [-0.25, -0.2) is 14.0 Å². The Labute approximate surface area is 321 Å². The number of allylic oxidation sites excluding steroid dienone is 6. The van der Waals surface area contributed by atoms with Crippen LogP contribution in [0.3, 0.4) is 0 Å². The van der Waals surface area contributed by atoms with Crippen LogP contribution >= 0.6 is 0 Å². The van der Waals surface area contributed by atoms with Crippen molar-refractivity contribution in [3.63, 3.8) is 0 Å². The number of anilines is 1. The number of carbonyl (C=O) groups excluding carboxylic acids is 1. The summed E-state index contributed by atoms with van der Waals surface area (Å²) in [5.74, 6) is -6.44. The van der Waals surface area contributed by atoms with Crippen LogP contribution in [-0.4, -0.2) is 132 Å². The SMILES string of the molecule is C[C@@H]1C/C=C/C=C/C=C/C=C/[C@H](O[C@@H]2O[C@H](C)[C@@H](O)[C@H](N)[C@@H]2O)C[C@@H]2O[C@](O)(C[C@@H](O)C[C@H]3O[C@@H]3/C=C/C(=O)O1)C[C@H](O)[C@H]2C(=O)O.Nc1[nH]c(=O)ncc1F. The molecule has 5 rings (SSSR count). The molecule has 0 aliphatic carbocycles. The Bertz CT molecular complexity index is 1690. The molecule has 19 heteroatoms. The Hall–Kier alpha value is -4.15. The van der Waals surface area contributed by atoms with Gasteiger partial charge in [-0.2, -0.15) is 4.98 Å². The van der Waals surface area contributed by atoms with Crippen molar-refractivity contribution in [2.45, 2.75) is 125 Å². The lowest BCUT2D eigenvalue weighted by atomic mass is 9.83. The quantitative estimate of drug-likeness (QED) is 0.139. The van der Waals surface area contributed by atoms with Gasteiger partial charge in [0.1, 0.15) is 30.0 Å². The van der Waals surface area contributed by atoms with Crippen LogP contribution in [0, 0.1) is 11.7 Å². The van der Waals surface area contributed by atoms with E-state index in [0.29, 0.717) is 6.42 Å².